The van der Waals surface area contributed by atoms with Crippen molar-refractivity contribution in [2.75, 3.05) is 20.1 Å². The van der Waals surface area contributed by atoms with Gasteiger partial charge in [0.1, 0.15) is 5.82 Å². The molecule has 0 aliphatic carbocycles. The Morgan fingerprint density at radius 1 is 1.37 bits per heavy atom. The largest absolute Gasteiger partial charge is 0.314 e. The Balaban J connectivity index is 1.76. The van der Waals surface area contributed by atoms with Crippen LogP contribution >= 0.6 is 0 Å². The molecule has 1 aliphatic rings. The number of hydrogen-bond acceptors (Lipinski definition) is 2. The molecule has 0 saturated carbocycles. The Kier molecular flexibility index (Phi) is 5.34. The second kappa shape index (κ2) is 7.01. The molecule has 3 heteroatoms. The number of nitrogens with zero attached hydrogens (tertiary/aromatic N) is 1. The van der Waals surface area contributed by atoms with E-state index in [1.54, 1.807) is 6.07 Å². The van der Waals surface area contributed by atoms with Crippen LogP contribution in [-0.2, 0) is 6.54 Å². The van der Waals surface area contributed by atoms with E-state index in [4.69, 9.17) is 0 Å². The summed E-state index contributed by atoms with van der Waals surface area (Å²) in [7, 11) is 2.14. The van der Waals surface area contributed by atoms with Crippen molar-refractivity contribution >= 4 is 0 Å². The zero-order valence-electron chi connectivity index (χ0n) is 12.1. The average Bonchev–Trinajstić information content (AvgIpc) is 2.42. The van der Waals surface area contributed by atoms with Gasteiger partial charge >= 0.3 is 0 Å². The van der Waals surface area contributed by atoms with Crippen molar-refractivity contribution in [1.82, 2.24) is 10.2 Å². The maximum atomic E-state index is 13.2. The van der Waals surface area contributed by atoms with Crippen LogP contribution in [0.2, 0.25) is 0 Å². The second-order valence-corrected chi connectivity index (χ2v) is 5.76. The highest BCUT2D eigenvalue weighted by Gasteiger charge is 2.13. The van der Waals surface area contributed by atoms with Crippen LogP contribution in [0.3, 0.4) is 0 Å². The number of benzene rings is 1. The Labute approximate surface area is 116 Å². The summed E-state index contributed by atoms with van der Waals surface area (Å²) in [5, 5.41) is 3.58. The molecular weight excluding hydrogens is 239 g/mol. The third-order valence-electron chi connectivity index (χ3n) is 3.95. The summed E-state index contributed by atoms with van der Waals surface area (Å²) < 4.78 is 13.2. The van der Waals surface area contributed by atoms with Crippen LogP contribution in [0.5, 0.6) is 0 Å². The molecule has 19 heavy (non-hydrogen) atoms. The van der Waals surface area contributed by atoms with E-state index in [1.165, 1.54) is 37.8 Å². The quantitative estimate of drug-likeness (QED) is 0.879. The van der Waals surface area contributed by atoms with Crippen LogP contribution in [0.15, 0.2) is 18.2 Å². The molecule has 106 valence electrons. The van der Waals surface area contributed by atoms with E-state index in [1.807, 2.05) is 19.1 Å². The van der Waals surface area contributed by atoms with Crippen LogP contribution in [0.4, 0.5) is 4.39 Å². The summed E-state index contributed by atoms with van der Waals surface area (Å²) in [5.74, 6) is -0.113. The van der Waals surface area contributed by atoms with Crippen molar-refractivity contribution in [2.45, 2.75) is 45.2 Å². The average molecular weight is 264 g/mol. The first-order valence-corrected chi connectivity index (χ1v) is 7.32. The van der Waals surface area contributed by atoms with Gasteiger partial charge in [0.15, 0.2) is 0 Å². The SMILES string of the molecule is Cc1cc(CN(C)CCC2CCCCN2)ccc1F. The Bertz CT molecular complexity index is 400. The number of hydrogen-bond donors (Lipinski definition) is 1. The minimum absolute atomic E-state index is 0.113. The van der Waals surface area contributed by atoms with Crippen molar-refractivity contribution in [1.29, 1.82) is 0 Å². The third-order valence-corrected chi connectivity index (χ3v) is 3.95. The van der Waals surface area contributed by atoms with Gasteiger partial charge in [-0.3, -0.25) is 0 Å². The lowest BCUT2D eigenvalue weighted by Crippen LogP contribution is -2.36. The van der Waals surface area contributed by atoms with Crippen LogP contribution in [-0.4, -0.2) is 31.1 Å². The zero-order valence-corrected chi connectivity index (χ0v) is 12.1. The Morgan fingerprint density at radius 3 is 2.89 bits per heavy atom. The van der Waals surface area contributed by atoms with Crippen LogP contribution < -0.4 is 5.32 Å². The molecule has 1 atom stereocenters. The van der Waals surface area contributed by atoms with Crippen LogP contribution in [0, 0.1) is 12.7 Å². The molecule has 1 aromatic rings. The lowest BCUT2D eigenvalue weighted by atomic mass is 10.0. The molecule has 1 heterocycles. The predicted molar refractivity (Wildman–Crippen MR) is 77.7 cm³/mol. The minimum Gasteiger partial charge on any atom is -0.314 e. The first-order chi connectivity index (χ1) is 9.15. The fourth-order valence-corrected chi connectivity index (χ4v) is 2.74. The van der Waals surface area contributed by atoms with Gasteiger partial charge < -0.3 is 10.2 Å². The van der Waals surface area contributed by atoms with E-state index in [-0.39, 0.29) is 5.82 Å². The smallest absolute Gasteiger partial charge is 0.126 e. The zero-order chi connectivity index (χ0) is 13.7. The van der Waals surface area contributed by atoms with Crippen LogP contribution in [0.1, 0.15) is 36.8 Å². The molecule has 0 bridgehead atoms. The topological polar surface area (TPSA) is 15.3 Å². The van der Waals surface area contributed by atoms with Gasteiger partial charge in [-0.15, -0.1) is 0 Å². The molecule has 0 aromatic heterocycles. The van der Waals surface area contributed by atoms with Gasteiger partial charge in [0.2, 0.25) is 0 Å². The summed E-state index contributed by atoms with van der Waals surface area (Å²) in [6, 6.07) is 6.09. The van der Waals surface area contributed by atoms with Gasteiger partial charge in [-0.1, -0.05) is 18.6 Å². The summed E-state index contributed by atoms with van der Waals surface area (Å²) in [4.78, 5) is 2.32. The van der Waals surface area contributed by atoms with Crippen molar-refractivity contribution < 1.29 is 4.39 Å². The first kappa shape index (κ1) is 14.5. The number of aryl methyl sites for hydroxylation is 1. The van der Waals surface area contributed by atoms with Gasteiger partial charge in [0, 0.05) is 12.6 Å². The molecule has 0 spiro atoms. The highest BCUT2D eigenvalue weighted by Crippen LogP contribution is 2.13. The number of halogens is 1. The van der Waals surface area contributed by atoms with Gasteiger partial charge in [-0.25, -0.2) is 4.39 Å². The van der Waals surface area contributed by atoms with E-state index < -0.39 is 0 Å². The lowest BCUT2D eigenvalue weighted by Gasteiger charge is -2.26. The molecule has 1 unspecified atom stereocenters. The van der Waals surface area contributed by atoms with E-state index in [0.717, 1.165) is 18.7 Å². The highest BCUT2D eigenvalue weighted by molar-refractivity contribution is 5.23. The number of piperidine rings is 1. The lowest BCUT2D eigenvalue weighted by molar-refractivity contribution is 0.282. The van der Waals surface area contributed by atoms with Crippen LogP contribution in [0.25, 0.3) is 0 Å². The molecule has 0 radical (unpaired) electrons. The highest BCUT2D eigenvalue weighted by atomic mass is 19.1. The molecule has 1 saturated heterocycles. The maximum Gasteiger partial charge on any atom is 0.126 e. The van der Waals surface area contributed by atoms with Gasteiger partial charge in [-0.05, 0) is 63.5 Å². The van der Waals surface area contributed by atoms with Crippen molar-refractivity contribution in [3.05, 3.63) is 35.1 Å². The van der Waals surface area contributed by atoms with Crippen molar-refractivity contribution in [2.24, 2.45) is 0 Å². The van der Waals surface area contributed by atoms with Crippen molar-refractivity contribution in [3.63, 3.8) is 0 Å². The molecule has 2 rings (SSSR count). The summed E-state index contributed by atoms with van der Waals surface area (Å²) in [6.45, 7) is 4.98. The Hall–Kier alpha value is -0.930. The minimum atomic E-state index is -0.113. The Morgan fingerprint density at radius 2 is 2.21 bits per heavy atom. The van der Waals surface area contributed by atoms with Gasteiger partial charge in [0.05, 0.1) is 0 Å². The van der Waals surface area contributed by atoms with E-state index in [9.17, 15) is 4.39 Å². The molecule has 1 aromatic carbocycles. The van der Waals surface area contributed by atoms with Gasteiger partial charge in [0.25, 0.3) is 0 Å². The maximum absolute atomic E-state index is 13.2. The fraction of sp³-hybridized carbons (Fsp3) is 0.625. The number of rotatable bonds is 5. The molecular formula is C16H25FN2. The summed E-state index contributed by atoms with van der Waals surface area (Å²) >= 11 is 0. The van der Waals surface area contributed by atoms with E-state index in [2.05, 4.69) is 17.3 Å². The predicted octanol–water partition coefficient (Wildman–Crippen LogP) is 3.10. The summed E-state index contributed by atoms with van der Waals surface area (Å²) in [6.07, 6.45) is 5.19. The molecule has 1 fully saturated rings. The fourth-order valence-electron chi connectivity index (χ4n) is 2.74. The molecule has 0 amide bonds. The molecule has 2 nitrogen and oxygen atoms in total. The van der Waals surface area contributed by atoms with Crippen molar-refractivity contribution in [3.8, 4) is 0 Å². The first-order valence-electron chi connectivity index (χ1n) is 7.32. The normalized spacial score (nSPS) is 19.9. The second-order valence-electron chi connectivity index (χ2n) is 5.76. The summed E-state index contributed by atoms with van der Waals surface area (Å²) in [5.41, 5.74) is 1.93. The standard InChI is InChI=1S/C16H25FN2/c1-13-11-14(6-7-16(13)17)12-19(2)10-8-15-5-3-4-9-18-15/h6-7,11,15,18H,3-5,8-10,12H2,1-2H3. The molecule has 1 aliphatic heterocycles. The third kappa shape index (κ3) is 4.59. The van der Waals surface area contributed by atoms with E-state index >= 15 is 0 Å². The number of nitrogens with one attached hydrogen (secondary N) is 1. The molecule has 1 N–H and O–H groups in total. The monoisotopic (exact) mass is 264 g/mol. The van der Waals surface area contributed by atoms with Gasteiger partial charge in [-0.2, -0.15) is 0 Å². The van der Waals surface area contributed by atoms with E-state index in [0.29, 0.717) is 6.04 Å².